The van der Waals surface area contributed by atoms with Crippen LogP contribution in [0.3, 0.4) is 0 Å². The van der Waals surface area contributed by atoms with Gasteiger partial charge < -0.3 is 15.3 Å². The maximum absolute atomic E-state index is 12.2. The molecule has 5 nitrogen and oxygen atoms in total. The van der Waals surface area contributed by atoms with E-state index in [-0.39, 0.29) is 18.6 Å². The summed E-state index contributed by atoms with van der Waals surface area (Å²) in [5, 5.41) is 28.9. The number of hydrogen-bond acceptors (Lipinski definition) is 4. The van der Waals surface area contributed by atoms with Crippen molar-refractivity contribution in [3.8, 4) is 0 Å². The second-order valence-electron chi connectivity index (χ2n) is 6.40. The van der Waals surface area contributed by atoms with Crippen LogP contribution in [0, 0.1) is 11.8 Å². The molecule has 0 aliphatic heterocycles. The van der Waals surface area contributed by atoms with Crippen molar-refractivity contribution in [1.29, 1.82) is 0 Å². The molecule has 0 aromatic carbocycles. The van der Waals surface area contributed by atoms with E-state index in [0.717, 1.165) is 25.3 Å². The van der Waals surface area contributed by atoms with Crippen LogP contribution >= 0.6 is 0 Å². The van der Waals surface area contributed by atoms with Gasteiger partial charge >= 0.3 is 5.97 Å². The third-order valence-electron chi connectivity index (χ3n) is 4.32. The number of Topliss-reactive ketones (excluding diaryl/α,β-unsaturated/α-hetero) is 1. The number of hydrogen-bond donors (Lipinski definition) is 3. The van der Waals surface area contributed by atoms with Gasteiger partial charge in [-0.15, -0.1) is 0 Å². The van der Waals surface area contributed by atoms with Crippen LogP contribution in [0.5, 0.6) is 0 Å². The number of ketones is 1. The predicted octanol–water partition coefficient (Wildman–Crippen LogP) is 3.25. The zero-order valence-corrected chi connectivity index (χ0v) is 14.7. The monoisotopic (exact) mass is 356 g/mol. The molecule has 0 radical (unpaired) electrons. The molecule has 0 aromatic heterocycles. The van der Waals surface area contributed by atoms with E-state index in [1.807, 2.05) is 0 Å². The first-order valence-corrected chi connectivity index (χ1v) is 8.88. The van der Waals surface area contributed by atoms with Crippen LogP contribution in [-0.4, -0.2) is 39.3 Å². The lowest BCUT2D eigenvalue weighted by Crippen LogP contribution is -2.18. The zero-order chi connectivity index (χ0) is 22.2. The second-order valence-corrected chi connectivity index (χ2v) is 6.40. The number of carbonyl (C=O) groups excluding carboxylic acids is 1. The van der Waals surface area contributed by atoms with E-state index in [1.165, 1.54) is 6.08 Å². The summed E-state index contributed by atoms with van der Waals surface area (Å²) in [6.45, 7) is 2.07. The normalized spacial score (nSPS) is 28.8. The second kappa shape index (κ2) is 12.0. The zero-order valence-electron chi connectivity index (χ0n) is 18.7. The number of carboxylic acid groups (broad SMARTS) is 1. The molecule has 1 rings (SSSR count). The van der Waals surface area contributed by atoms with Gasteiger partial charge in [0.05, 0.1) is 12.2 Å². The largest absolute Gasteiger partial charge is 0.481 e. The Labute approximate surface area is 156 Å². The Morgan fingerprint density at radius 3 is 2.84 bits per heavy atom. The smallest absolute Gasteiger partial charge is 0.303 e. The van der Waals surface area contributed by atoms with Crippen LogP contribution in [-0.2, 0) is 9.59 Å². The summed E-state index contributed by atoms with van der Waals surface area (Å²) in [5.74, 6) is -2.72. The summed E-state index contributed by atoms with van der Waals surface area (Å²) in [7, 11) is 0. The van der Waals surface area contributed by atoms with Crippen molar-refractivity contribution < 1.29 is 30.4 Å². The van der Waals surface area contributed by atoms with Gasteiger partial charge in [0.25, 0.3) is 0 Å². The van der Waals surface area contributed by atoms with Gasteiger partial charge in [0.1, 0.15) is 5.78 Å². The number of allylic oxidation sites excluding steroid dienone is 2. The molecular weight excluding hydrogens is 320 g/mol. The quantitative estimate of drug-likeness (QED) is 0.368. The van der Waals surface area contributed by atoms with Gasteiger partial charge in [-0.2, -0.15) is 0 Å². The molecule has 1 aliphatic carbocycles. The Morgan fingerprint density at radius 1 is 1.40 bits per heavy atom. The van der Waals surface area contributed by atoms with E-state index in [4.69, 9.17) is 10.6 Å². The van der Waals surface area contributed by atoms with E-state index in [1.54, 1.807) is 12.2 Å². The fourth-order valence-corrected chi connectivity index (χ4v) is 2.94. The minimum Gasteiger partial charge on any atom is -0.481 e. The molecule has 0 bridgehead atoms. The number of unbranched alkanes of at least 4 members (excludes halogenated alkanes) is 2. The molecule has 0 amide bonds. The van der Waals surface area contributed by atoms with Crippen LogP contribution in [0.1, 0.15) is 70.1 Å². The highest BCUT2D eigenvalue weighted by atomic mass is 16.4. The first kappa shape index (κ1) is 15.8. The van der Waals surface area contributed by atoms with Gasteiger partial charge in [-0.1, -0.05) is 50.5 Å². The summed E-state index contributed by atoms with van der Waals surface area (Å²) in [4.78, 5) is 23.0. The van der Waals surface area contributed by atoms with Crippen LogP contribution in [0.2, 0.25) is 0 Å². The number of aliphatic hydroxyl groups excluding tert-OH is 2. The molecule has 1 aliphatic rings. The van der Waals surface area contributed by atoms with E-state index >= 15 is 0 Å². The highest BCUT2D eigenvalue weighted by molar-refractivity contribution is 5.84. The molecule has 0 aromatic rings. The van der Waals surface area contributed by atoms with E-state index in [0.29, 0.717) is 6.42 Å². The number of carbonyl (C=O) groups is 2. The maximum Gasteiger partial charge on any atom is 0.303 e. The first-order chi connectivity index (χ1) is 13.4. The van der Waals surface area contributed by atoms with Gasteiger partial charge in [0.2, 0.25) is 0 Å². The SMILES string of the molecule is [2H]C([2H])(/C=C/C[C@H]1C(=O)C[C@@H](O)[C@@H]1/C=C/[C@@H](O)CCCCC)C([2H])([2H])CC(=O)O. The van der Waals surface area contributed by atoms with Gasteiger partial charge in [-0.05, 0) is 25.6 Å². The fraction of sp³-hybridized carbons (Fsp3) is 0.700. The van der Waals surface area contributed by atoms with Crippen LogP contribution in [0.4, 0.5) is 0 Å². The summed E-state index contributed by atoms with van der Waals surface area (Å²) < 4.78 is 30.9. The minimum atomic E-state index is -2.60. The molecule has 1 saturated carbocycles. The molecular formula is C20H32O5. The highest BCUT2D eigenvalue weighted by Gasteiger charge is 2.39. The fourth-order valence-electron chi connectivity index (χ4n) is 2.94. The molecule has 4 atom stereocenters. The molecule has 25 heavy (non-hydrogen) atoms. The Hall–Kier alpha value is -1.46. The Morgan fingerprint density at radius 2 is 2.16 bits per heavy atom. The van der Waals surface area contributed by atoms with Crippen molar-refractivity contribution >= 4 is 11.8 Å². The molecule has 3 N–H and O–H groups in total. The van der Waals surface area contributed by atoms with E-state index in [9.17, 15) is 19.8 Å². The van der Waals surface area contributed by atoms with Gasteiger partial charge in [0, 0.05) is 30.2 Å². The van der Waals surface area contributed by atoms with Crippen LogP contribution < -0.4 is 0 Å². The Bertz CT molecular complexity index is 618. The first-order valence-electron chi connectivity index (χ1n) is 10.9. The summed E-state index contributed by atoms with van der Waals surface area (Å²) >= 11 is 0. The summed E-state index contributed by atoms with van der Waals surface area (Å²) in [5.41, 5.74) is 0. The van der Waals surface area contributed by atoms with Gasteiger partial charge in [-0.25, -0.2) is 0 Å². The van der Waals surface area contributed by atoms with Crippen molar-refractivity contribution in [2.45, 2.75) is 76.8 Å². The van der Waals surface area contributed by atoms with Gasteiger partial charge in [0.15, 0.2) is 0 Å². The topological polar surface area (TPSA) is 94.8 Å². The van der Waals surface area contributed by atoms with Crippen LogP contribution in [0.25, 0.3) is 0 Å². The lowest BCUT2D eigenvalue weighted by atomic mass is 9.90. The van der Waals surface area contributed by atoms with Crippen molar-refractivity contribution in [3.63, 3.8) is 0 Å². The minimum absolute atomic E-state index is 0.0217. The Balaban J connectivity index is 2.78. The van der Waals surface area contributed by atoms with Crippen LogP contribution in [0.15, 0.2) is 24.3 Å². The van der Waals surface area contributed by atoms with E-state index < -0.39 is 49.2 Å². The van der Waals surface area contributed by atoms with E-state index in [2.05, 4.69) is 6.92 Å². The highest BCUT2D eigenvalue weighted by Crippen LogP contribution is 2.33. The average Bonchev–Trinajstić information content (AvgIpc) is 2.85. The van der Waals surface area contributed by atoms with Crippen molar-refractivity contribution in [2.24, 2.45) is 11.8 Å². The lowest BCUT2D eigenvalue weighted by Gasteiger charge is -2.16. The predicted molar refractivity (Wildman–Crippen MR) is 97.1 cm³/mol. The molecule has 0 saturated heterocycles. The molecule has 1 fully saturated rings. The third kappa shape index (κ3) is 8.45. The maximum atomic E-state index is 12.2. The molecule has 0 heterocycles. The van der Waals surface area contributed by atoms with Gasteiger partial charge in [-0.3, -0.25) is 9.59 Å². The Kier molecular flexibility index (Phi) is 7.56. The summed E-state index contributed by atoms with van der Waals surface area (Å²) in [6, 6.07) is 0. The summed E-state index contributed by atoms with van der Waals surface area (Å²) in [6.07, 6.45) is 1.49. The number of carboxylic acids is 1. The third-order valence-corrected chi connectivity index (χ3v) is 4.32. The molecule has 0 spiro atoms. The molecule has 142 valence electrons. The number of aliphatic hydroxyl groups is 2. The lowest BCUT2D eigenvalue weighted by molar-refractivity contribution is -0.137. The number of rotatable bonds is 12. The average molecular weight is 356 g/mol. The van der Waals surface area contributed by atoms with Crippen molar-refractivity contribution in [1.82, 2.24) is 0 Å². The number of aliphatic carboxylic acids is 1. The standard InChI is InChI=1S/C20H32O5/c1-2-3-6-9-15(21)12-13-17-16(18(22)14-19(17)23)10-7-4-5-8-11-20(24)25/h4,7,12-13,15-17,19,21,23H,2-3,5-6,8-11,14H2,1H3,(H,24,25)/b7-4+,13-12+/t15-,16+,17+,19+/m0/s1/i5D2,8D2. The molecule has 0 unspecified atom stereocenters. The molecule has 5 heteroatoms. The van der Waals surface area contributed by atoms with Crippen molar-refractivity contribution in [2.75, 3.05) is 0 Å². The van der Waals surface area contributed by atoms with Crippen molar-refractivity contribution in [3.05, 3.63) is 24.3 Å².